The zero-order chi connectivity index (χ0) is 15.7. The van der Waals surface area contributed by atoms with Crippen LogP contribution >= 0.6 is 22.6 Å². The molecule has 0 radical (unpaired) electrons. The van der Waals surface area contributed by atoms with Gasteiger partial charge in [-0.05, 0) is 53.5 Å². The number of halogens is 1. The van der Waals surface area contributed by atoms with E-state index in [2.05, 4.69) is 38.0 Å². The molecule has 1 aromatic heterocycles. The predicted molar refractivity (Wildman–Crippen MR) is 90.5 cm³/mol. The fraction of sp³-hybridized carbons (Fsp3) is 0.438. The van der Waals surface area contributed by atoms with Crippen LogP contribution in [0.3, 0.4) is 0 Å². The molecule has 1 amide bonds. The number of hydrogen-bond acceptors (Lipinski definition) is 4. The van der Waals surface area contributed by atoms with Gasteiger partial charge in [0.1, 0.15) is 6.04 Å². The van der Waals surface area contributed by atoms with E-state index in [9.17, 15) is 4.79 Å². The van der Waals surface area contributed by atoms with Crippen molar-refractivity contribution in [1.82, 2.24) is 15.5 Å². The van der Waals surface area contributed by atoms with Gasteiger partial charge in [0.15, 0.2) is 5.82 Å². The Morgan fingerprint density at radius 3 is 2.73 bits per heavy atom. The summed E-state index contributed by atoms with van der Waals surface area (Å²) in [5.74, 6) is 1.75. The maximum absolute atomic E-state index is 12.5. The minimum Gasteiger partial charge on any atom is -0.340 e. The van der Waals surface area contributed by atoms with Crippen LogP contribution in [0.25, 0.3) is 0 Å². The Morgan fingerprint density at radius 1 is 1.36 bits per heavy atom. The number of hydrogen-bond donors (Lipinski definition) is 1. The largest absolute Gasteiger partial charge is 0.340 e. The molecule has 1 saturated carbocycles. The van der Waals surface area contributed by atoms with E-state index in [0.717, 1.165) is 22.2 Å². The Labute approximate surface area is 143 Å². The predicted octanol–water partition coefficient (Wildman–Crippen LogP) is 3.68. The zero-order valence-corrected chi connectivity index (χ0v) is 14.7. The molecule has 1 unspecified atom stereocenters. The van der Waals surface area contributed by atoms with Gasteiger partial charge >= 0.3 is 0 Å². The fourth-order valence-electron chi connectivity index (χ4n) is 2.26. The van der Waals surface area contributed by atoms with E-state index in [1.165, 1.54) is 0 Å². The molecule has 0 aliphatic heterocycles. The first-order valence-corrected chi connectivity index (χ1v) is 8.53. The number of rotatable bonds is 5. The molecule has 2 aromatic rings. The Morgan fingerprint density at radius 2 is 2.09 bits per heavy atom. The summed E-state index contributed by atoms with van der Waals surface area (Å²) >= 11 is 2.16. The third kappa shape index (κ3) is 3.31. The van der Waals surface area contributed by atoms with Gasteiger partial charge in [-0.3, -0.25) is 4.79 Å². The van der Waals surface area contributed by atoms with Gasteiger partial charge < -0.3 is 9.84 Å². The molecule has 0 saturated heterocycles. The van der Waals surface area contributed by atoms with Gasteiger partial charge in [-0.2, -0.15) is 4.98 Å². The van der Waals surface area contributed by atoms with Crippen molar-refractivity contribution in [2.75, 3.05) is 0 Å². The third-order valence-corrected chi connectivity index (χ3v) is 4.68. The molecule has 116 valence electrons. The number of carbonyl (C=O) groups is 1. The van der Waals surface area contributed by atoms with E-state index < -0.39 is 0 Å². The van der Waals surface area contributed by atoms with E-state index in [-0.39, 0.29) is 17.9 Å². The molecule has 1 aliphatic rings. The SMILES string of the molecule is CC(C)C(NC(=O)c1ccccc1I)c1nc(C2CC2)no1. The van der Waals surface area contributed by atoms with Gasteiger partial charge in [-0.25, -0.2) is 0 Å². The Balaban J connectivity index is 1.79. The maximum atomic E-state index is 12.5. The van der Waals surface area contributed by atoms with Crippen LogP contribution in [0, 0.1) is 9.49 Å². The van der Waals surface area contributed by atoms with Crippen LogP contribution in [0.15, 0.2) is 28.8 Å². The lowest BCUT2D eigenvalue weighted by molar-refractivity contribution is 0.0913. The van der Waals surface area contributed by atoms with Crippen molar-refractivity contribution >= 4 is 28.5 Å². The van der Waals surface area contributed by atoms with Crippen molar-refractivity contribution in [1.29, 1.82) is 0 Å². The Bertz CT molecular complexity index is 680. The number of carbonyl (C=O) groups excluding carboxylic acids is 1. The van der Waals surface area contributed by atoms with Crippen LogP contribution in [0.4, 0.5) is 0 Å². The summed E-state index contributed by atoms with van der Waals surface area (Å²) in [6.07, 6.45) is 2.25. The summed E-state index contributed by atoms with van der Waals surface area (Å²) in [4.78, 5) is 17.0. The minimum atomic E-state index is -0.275. The molecule has 5 nitrogen and oxygen atoms in total. The molecule has 6 heteroatoms. The third-order valence-electron chi connectivity index (χ3n) is 3.74. The van der Waals surface area contributed by atoms with Crippen LogP contribution in [0.2, 0.25) is 0 Å². The van der Waals surface area contributed by atoms with Gasteiger partial charge in [-0.1, -0.05) is 31.1 Å². The summed E-state index contributed by atoms with van der Waals surface area (Å²) in [5.41, 5.74) is 0.663. The van der Waals surface area contributed by atoms with Crippen molar-refractivity contribution < 1.29 is 9.32 Å². The summed E-state index contributed by atoms with van der Waals surface area (Å²) < 4.78 is 6.30. The molecular weight excluding hydrogens is 393 g/mol. The average Bonchev–Trinajstić information content (AvgIpc) is 3.23. The molecule has 1 heterocycles. The summed E-state index contributed by atoms with van der Waals surface area (Å²) in [6, 6.07) is 7.23. The number of benzene rings is 1. The van der Waals surface area contributed by atoms with E-state index in [4.69, 9.17) is 4.52 Å². The van der Waals surface area contributed by atoms with E-state index >= 15 is 0 Å². The molecule has 22 heavy (non-hydrogen) atoms. The standard InChI is InChI=1S/C16H18IN3O2/c1-9(2)13(16-19-14(20-22-16)10-7-8-10)18-15(21)11-5-3-4-6-12(11)17/h3-6,9-10,13H,7-8H2,1-2H3,(H,18,21). The summed E-state index contributed by atoms with van der Waals surface area (Å²) in [7, 11) is 0. The molecular formula is C16H18IN3O2. The van der Waals surface area contributed by atoms with E-state index in [1.54, 1.807) is 0 Å². The lowest BCUT2D eigenvalue weighted by atomic mass is 10.0. The smallest absolute Gasteiger partial charge is 0.253 e. The lowest BCUT2D eigenvalue weighted by Gasteiger charge is -2.18. The highest BCUT2D eigenvalue weighted by atomic mass is 127. The number of nitrogens with one attached hydrogen (secondary N) is 1. The molecule has 1 atom stereocenters. The van der Waals surface area contributed by atoms with Crippen molar-refractivity contribution in [3.63, 3.8) is 0 Å². The molecule has 3 rings (SSSR count). The first-order valence-electron chi connectivity index (χ1n) is 7.45. The second-order valence-corrected chi connectivity index (χ2v) is 7.10. The molecule has 1 aliphatic carbocycles. The van der Waals surface area contributed by atoms with Gasteiger partial charge in [0.2, 0.25) is 5.89 Å². The van der Waals surface area contributed by atoms with Crippen molar-refractivity contribution in [2.24, 2.45) is 5.92 Å². The second kappa shape index (κ2) is 6.36. The average molecular weight is 411 g/mol. The number of nitrogens with zero attached hydrogens (tertiary/aromatic N) is 2. The van der Waals surface area contributed by atoms with Crippen molar-refractivity contribution in [2.45, 2.75) is 38.6 Å². The second-order valence-electron chi connectivity index (χ2n) is 5.94. The van der Waals surface area contributed by atoms with Crippen molar-refractivity contribution in [3.8, 4) is 0 Å². The van der Waals surface area contributed by atoms with Crippen LogP contribution in [-0.4, -0.2) is 16.0 Å². The monoisotopic (exact) mass is 411 g/mol. The molecule has 1 fully saturated rings. The van der Waals surface area contributed by atoms with Gasteiger partial charge in [0.25, 0.3) is 5.91 Å². The minimum absolute atomic E-state index is 0.116. The Hall–Kier alpha value is -1.44. The fourth-order valence-corrected chi connectivity index (χ4v) is 2.89. The zero-order valence-electron chi connectivity index (χ0n) is 12.5. The summed E-state index contributed by atoms with van der Waals surface area (Å²) in [6.45, 7) is 4.06. The van der Waals surface area contributed by atoms with Crippen LogP contribution in [0.1, 0.15) is 60.7 Å². The quantitative estimate of drug-likeness (QED) is 0.763. The van der Waals surface area contributed by atoms with Crippen molar-refractivity contribution in [3.05, 3.63) is 45.1 Å². The molecule has 1 N–H and O–H groups in total. The molecule has 0 bridgehead atoms. The first-order chi connectivity index (χ1) is 10.6. The normalized spacial score (nSPS) is 15.8. The van der Waals surface area contributed by atoms with Gasteiger partial charge in [0, 0.05) is 9.49 Å². The maximum Gasteiger partial charge on any atom is 0.253 e. The number of aromatic nitrogens is 2. The van der Waals surface area contributed by atoms with Crippen LogP contribution < -0.4 is 5.32 Å². The van der Waals surface area contributed by atoms with E-state index in [0.29, 0.717) is 17.4 Å². The van der Waals surface area contributed by atoms with Crippen LogP contribution in [0.5, 0.6) is 0 Å². The lowest BCUT2D eigenvalue weighted by Crippen LogP contribution is -2.32. The van der Waals surface area contributed by atoms with Crippen LogP contribution in [-0.2, 0) is 0 Å². The number of amides is 1. The highest BCUT2D eigenvalue weighted by Gasteiger charge is 2.31. The summed E-state index contributed by atoms with van der Waals surface area (Å²) in [5, 5.41) is 7.06. The molecule has 1 aromatic carbocycles. The highest BCUT2D eigenvalue weighted by molar-refractivity contribution is 14.1. The first kappa shape index (κ1) is 15.5. The molecule has 0 spiro atoms. The van der Waals surface area contributed by atoms with Gasteiger partial charge in [-0.15, -0.1) is 0 Å². The Kier molecular flexibility index (Phi) is 4.46. The topological polar surface area (TPSA) is 68.0 Å². The van der Waals surface area contributed by atoms with E-state index in [1.807, 2.05) is 38.1 Å². The van der Waals surface area contributed by atoms with Gasteiger partial charge in [0.05, 0.1) is 5.56 Å². The highest BCUT2D eigenvalue weighted by Crippen LogP contribution is 2.38.